The molecule has 1 fully saturated rings. The second-order valence-corrected chi connectivity index (χ2v) is 12.2. The molecule has 0 aliphatic carbocycles. The summed E-state index contributed by atoms with van der Waals surface area (Å²) in [5.74, 6) is -0.623. The molecule has 0 unspecified atom stereocenters. The fourth-order valence-corrected chi connectivity index (χ4v) is 6.51. The number of nitrogens with one attached hydrogen (secondary N) is 1. The molecule has 8 nitrogen and oxygen atoms in total. The van der Waals surface area contributed by atoms with Crippen molar-refractivity contribution in [1.82, 2.24) is 4.90 Å². The number of carbonyl (C=O) groups excluding carboxylic acids is 3. The van der Waals surface area contributed by atoms with E-state index in [1.165, 1.54) is 42.2 Å². The van der Waals surface area contributed by atoms with E-state index in [2.05, 4.69) is 21.2 Å². The Morgan fingerprint density at radius 1 is 1.00 bits per heavy atom. The van der Waals surface area contributed by atoms with E-state index in [1.807, 2.05) is 42.5 Å². The Hall–Kier alpha value is -3.93. The Balaban J connectivity index is 1.31. The first-order chi connectivity index (χ1) is 19.1. The molecule has 0 aromatic heterocycles. The zero-order valence-corrected chi connectivity index (χ0v) is 24.2. The molecule has 4 aromatic carbocycles. The lowest BCUT2D eigenvalue weighted by Crippen LogP contribution is -2.27. The molecule has 1 N–H and O–H groups in total. The Morgan fingerprint density at radius 2 is 1.73 bits per heavy atom. The molecule has 1 aliphatic heterocycles. The zero-order valence-electron chi connectivity index (χ0n) is 21.0. The molecule has 11 heteroatoms. The molecule has 4 aromatic rings. The summed E-state index contributed by atoms with van der Waals surface area (Å²) in [6.45, 7) is 1.51. The molecule has 3 amide bonds. The summed E-state index contributed by atoms with van der Waals surface area (Å²) in [6, 6.07) is 23.8. The molecule has 1 heterocycles. The minimum Gasteiger partial charge on any atom is -0.378 e. The van der Waals surface area contributed by atoms with Crippen LogP contribution in [0.1, 0.15) is 18.1 Å². The fourth-order valence-electron chi connectivity index (χ4n) is 4.14. The van der Waals surface area contributed by atoms with Crippen molar-refractivity contribution in [3.8, 4) is 5.75 Å². The van der Waals surface area contributed by atoms with Crippen LogP contribution in [-0.2, 0) is 26.3 Å². The Kier molecular flexibility index (Phi) is 7.79. The minimum atomic E-state index is -4.15. The van der Waals surface area contributed by atoms with Gasteiger partial charge in [-0.1, -0.05) is 48.5 Å². The third kappa shape index (κ3) is 5.96. The molecule has 202 valence electrons. The summed E-state index contributed by atoms with van der Waals surface area (Å²) in [4.78, 5) is 38.4. The molecule has 40 heavy (non-hydrogen) atoms. The average molecular weight is 638 g/mol. The summed E-state index contributed by atoms with van der Waals surface area (Å²) < 4.78 is 31.2. The second kappa shape index (κ2) is 11.3. The van der Waals surface area contributed by atoms with Crippen LogP contribution in [-0.4, -0.2) is 30.4 Å². The first-order valence-corrected chi connectivity index (χ1v) is 15.0. The summed E-state index contributed by atoms with van der Waals surface area (Å²) in [5, 5.41) is 4.21. The topological polar surface area (TPSA) is 110 Å². The molecule has 0 radical (unpaired) electrons. The van der Waals surface area contributed by atoms with Crippen molar-refractivity contribution in [2.45, 2.75) is 18.4 Å². The van der Waals surface area contributed by atoms with Crippen molar-refractivity contribution in [3.63, 3.8) is 0 Å². The molecular formula is C29H21BrN2O6S2. The number of imide groups is 1. The molecule has 0 atom stereocenters. The van der Waals surface area contributed by atoms with Crippen LogP contribution in [0.4, 0.5) is 10.5 Å². The Bertz CT molecular complexity index is 1800. The van der Waals surface area contributed by atoms with Gasteiger partial charge in [-0.3, -0.25) is 19.3 Å². The van der Waals surface area contributed by atoms with Crippen LogP contribution in [0.2, 0.25) is 0 Å². The number of fused-ring (bicyclic) bond motifs is 1. The lowest BCUT2D eigenvalue weighted by molar-refractivity contribution is -0.123. The van der Waals surface area contributed by atoms with Gasteiger partial charge in [0, 0.05) is 12.6 Å². The highest BCUT2D eigenvalue weighted by molar-refractivity contribution is 9.10. The number of rotatable bonds is 7. The van der Waals surface area contributed by atoms with Gasteiger partial charge < -0.3 is 9.50 Å². The minimum absolute atomic E-state index is 0.0483. The van der Waals surface area contributed by atoms with Crippen LogP contribution in [0.3, 0.4) is 0 Å². The summed E-state index contributed by atoms with van der Waals surface area (Å²) in [6.07, 6.45) is 1.58. The first kappa shape index (κ1) is 27.6. The Labute approximate surface area is 243 Å². The van der Waals surface area contributed by atoms with E-state index in [-0.39, 0.29) is 33.2 Å². The van der Waals surface area contributed by atoms with Crippen molar-refractivity contribution in [2.75, 3.05) is 5.32 Å². The van der Waals surface area contributed by atoms with Crippen molar-refractivity contribution in [3.05, 3.63) is 105 Å². The number of anilines is 1. The van der Waals surface area contributed by atoms with E-state index < -0.39 is 16.0 Å². The van der Waals surface area contributed by atoms with E-state index >= 15 is 0 Å². The number of benzene rings is 4. The van der Waals surface area contributed by atoms with Gasteiger partial charge in [0.1, 0.15) is 4.90 Å². The van der Waals surface area contributed by atoms with Crippen LogP contribution in [0, 0.1) is 0 Å². The smallest absolute Gasteiger partial charge is 0.339 e. The Morgan fingerprint density at radius 3 is 2.45 bits per heavy atom. The molecule has 0 spiro atoms. The van der Waals surface area contributed by atoms with Gasteiger partial charge in [0.2, 0.25) is 5.91 Å². The molecule has 5 rings (SSSR count). The summed E-state index contributed by atoms with van der Waals surface area (Å²) >= 11 is 4.18. The number of thioether (sulfide) groups is 1. The van der Waals surface area contributed by atoms with Crippen molar-refractivity contribution in [1.29, 1.82) is 0 Å². The van der Waals surface area contributed by atoms with E-state index in [0.717, 1.165) is 28.1 Å². The monoisotopic (exact) mass is 636 g/mol. The molecular weight excluding hydrogens is 616 g/mol. The van der Waals surface area contributed by atoms with E-state index in [9.17, 15) is 22.8 Å². The number of hydrogen-bond acceptors (Lipinski definition) is 7. The van der Waals surface area contributed by atoms with Gasteiger partial charge in [-0.05, 0) is 92.1 Å². The highest BCUT2D eigenvalue weighted by atomic mass is 79.9. The number of halogens is 1. The lowest BCUT2D eigenvalue weighted by Gasteiger charge is -2.14. The quantitative estimate of drug-likeness (QED) is 0.181. The van der Waals surface area contributed by atoms with Gasteiger partial charge in [-0.2, -0.15) is 8.42 Å². The van der Waals surface area contributed by atoms with Crippen LogP contribution in [0.25, 0.3) is 16.8 Å². The van der Waals surface area contributed by atoms with Gasteiger partial charge in [-0.25, -0.2) is 0 Å². The number of nitrogens with zero attached hydrogens (tertiary/aromatic N) is 1. The highest BCUT2D eigenvalue weighted by Crippen LogP contribution is 2.36. The van der Waals surface area contributed by atoms with Gasteiger partial charge in [0.25, 0.3) is 11.1 Å². The fraction of sp³-hybridized carbons (Fsp3) is 0.0690. The highest BCUT2D eigenvalue weighted by Gasteiger charge is 2.35. The van der Waals surface area contributed by atoms with Gasteiger partial charge in [0.15, 0.2) is 5.75 Å². The molecule has 1 aliphatic rings. The molecule has 0 bridgehead atoms. The van der Waals surface area contributed by atoms with E-state index in [1.54, 1.807) is 18.2 Å². The van der Waals surface area contributed by atoms with Crippen molar-refractivity contribution >= 4 is 77.4 Å². The average Bonchev–Trinajstić information content (AvgIpc) is 3.17. The maximum atomic E-state index is 13.1. The molecule has 0 saturated carbocycles. The predicted octanol–water partition coefficient (Wildman–Crippen LogP) is 6.56. The van der Waals surface area contributed by atoms with Gasteiger partial charge >= 0.3 is 10.1 Å². The predicted molar refractivity (Wildman–Crippen MR) is 158 cm³/mol. The van der Waals surface area contributed by atoms with E-state index in [0.29, 0.717) is 15.7 Å². The SMILES string of the molecule is CC(=O)Nc1ccc(S(=O)(=O)Oc2ccc(/C=C3\SC(=O)N(Cc4cccc5ccccc45)C3=O)cc2Br)cc1. The van der Waals surface area contributed by atoms with Crippen LogP contribution in [0.5, 0.6) is 5.75 Å². The van der Waals surface area contributed by atoms with Gasteiger partial charge in [0.05, 0.1) is 15.9 Å². The summed E-state index contributed by atoms with van der Waals surface area (Å²) in [5.41, 5.74) is 1.90. The molecule has 1 saturated heterocycles. The largest absolute Gasteiger partial charge is 0.378 e. The van der Waals surface area contributed by atoms with Crippen molar-refractivity contribution in [2.24, 2.45) is 0 Å². The second-order valence-electron chi connectivity index (χ2n) is 8.84. The third-order valence-electron chi connectivity index (χ3n) is 6.00. The summed E-state index contributed by atoms with van der Waals surface area (Å²) in [7, 11) is -4.15. The number of hydrogen-bond donors (Lipinski definition) is 1. The zero-order chi connectivity index (χ0) is 28.4. The van der Waals surface area contributed by atoms with Crippen LogP contribution >= 0.6 is 27.7 Å². The normalized spacial score (nSPS) is 14.7. The number of carbonyl (C=O) groups is 3. The van der Waals surface area contributed by atoms with Gasteiger partial charge in [-0.15, -0.1) is 0 Å². The van der Waals surface area contributed by atoms with E-state index in [4.69, 9.17) is 4.18 Å². The lowest BCUT2D eigenvalue weighted by atomic mass is 10.0. The maximum Gasteiger partial charge on any atom is 0.339 e. The van der Waals surface area contributed by atoms with Crippen molar-refractivity contribution < 1.29 is 27.0 Å². The van der Waals surface area contributed by atoms with Crippen LogP contribution < -0.4 is 9.50 Å². The first-order valence-electron chi connectivity index (χ1n) is 11.9. The number of amides is 3. The standard InChI is InChI=1S/C29H21BrN2O6S2/c1-18(33)31-22-10-12-23(13-11-22)40(36,37)38-26-14-9-19(15-25(26)30)16-27-28(34)32(29(35)39-27)17-21-7-4-6-20-5-2-3-8-24(20)21/h2-16H,17H2,1H3,(H,31,33)/b27-16-. The van der Waals surface area contributed by atoms with Crippen LogP contribution in [0.15, 0.2) is 99.2 Å². The third-order valence-corrected chi connectivity index (χ3v) is 8.77. The maximum absolute atomic E-state index is 13.1.